The number of carbonyl (C=O) groups is 1. The number of anilines is 1. The Bertz CT molecular complexity index is 2170. The fourth-order valence-corrected chi connectivity index (χ4v) is 8.18. The third kappa shape index (κ3) is 5.91. The first kappa shape index (κ1) is 34.5. The van der Waals surface area contributed by atoms with Crippen molar-refractivity contribution in [3.63, 3.8) is 0 Å². The topological polar surface area (TPSA) is 62.5 Å². The largest absolute Gasteiger partial charge is 0.316 e. The predicted molar refractivity (Wildman–Crippen MR) is 199 cm³/mol. The molecule has 1 amide bonds. The van der Waals surface area contributed by atoms with Crippen LogP contribution in [0.15, 0.2) is 138 Å². The fourth-order valence-electron chi connectivity index (χ4n) is 8.18. The van der Waals surface area contributed by atoms with Crippen molar-refractivity contribution < 1.29 is 22.4 Å². The molecule has 5 aromatic carbocycles. The number of hydrogen-bond donors (Lipinski definition) is 1. The Labute approximate surface area is 304 Å². The van der Waals surface area contributed by atoms with Crippen molar-refractivity contribution in [2.75, 3.05) is 24.5 Å². The molecule has 4 heterocycles. The Morgan fingerprint density at radius 3 is 1.89 bits per heavy atom. The van der Waals surface area contributed by atoms with Gasteiger partial charge in [0, 0.05) is 29.7 Å². The summed E-state index contributed by atoms with van der Waals surface area (Å²) in [5.41, 5.74) is 3.63. The van der Waals surface area contributed by atoms with E-state index in [4.69, 9.17) is 5.10 Å². The van der Waals surface area contributed by atoms with Gasteiger partial charge in [0.05, 0.1) is 17.5 Å². The van der Waals surface area contributed by atoms with E-state index in [1.807, 2.05) is 115 Å². The highest BCUT2D eigenvalue weighted by molar-refractivity contribution is 6.05. The van der Waals surface area contributed by atoms with E-state index in [0.717, 1.165) is 41.6 Å². The summed E-state index contributed by atoms with van der Waals surface area (Å²) in [6.07, 6.45) is -3.68. The van der Waals surface area contributed by atoms with Crippen molar-refractivity contribution >= 4 is 28.2 Å². The average molecular weight is 716 g/mol. The molecule has 9 rings (SSSR count). The Hall–Kier alpha value is -5.61. The van der Waals surface area contributed by atoms with Crippen molar-refractivity contribution in [3.8, 4) is 0 Å². The van der Waals surface area contributed by atoms with Crippen molar-refractivity contribution in [3.05, 3.63) is 167 Å². The molecule has 1 aromatic heterocycles. The lowest BCUT2D eigenvalue weighted by Crippen LogP contribution is -2.38. The molecule has 1 atom stereocenters. The molecule has 3 aliphatic heterocycles. The second-order valence-electron chi connectivity index (χ2n) is 13.7. The number of aromatic nitrogens is 2. The lowest BCUT2D eigenvalue weighted by atomic mass is 9.77. The van der Waals surface area contributed by atoms with Crippen LogP contribution in [0.25, 0.3) is 10.9 Å². The summed E-state index contributed by atoms with van der Waals surface area (Å²) in [5, 5.41) is 8.37. The smallest absolute Gasteiger partial charge is 0.282 e. The molecule has 1 N–H and O–H groups in total. The number of benzene rings is 5. The second kappa shape index (κ2) is 14.1. The van der Waals surface area contributed by atoms with Crippen molar-refractivity contribution in [1.29, 1.82) is 0 Å². The van der Waals surface area contributed by atoms with E-state index in [9.17, 15) is 22.4 Å². The minimum Gasteiger partial charge on any atom is -0.316 e. The van der Waals surface area contributed by atoms with Gasteiger partial charge in [0.1, 0.15) is 16.9 Å². The van der Waals surface area contributed by atoms with E-state index >= 15 is 0 Å². The van der Waals surface area contributed by atoms with E-state index < -0.39 is 23.8 Å². The van der Waals surface area contributed by atoms with Gasteiger partial charge >= 0.3 is 0 Å². The lowest BCUT2D eigenvalue weighted by molar-refractivity contribution is -0.124. The lowest BCUT2D eigenvalue weighted by Gasteiger charge is -2.37. The number of halogens is 4. The number of alkyl halides is 4. The summed E-state index contributed by atoms with van der Waals surface area (Å²) < 4.78 is 55.9. The molecule has 0 saturated carbocycles. The summed E-state index contributed by atoms with van der Waals surface area (Å²) in [7, 11) is 0. The van der Waals surface area contributed by atoms with Crippen molar-refractivity contribution in [1.82, 2.24) is 15.1 Å². The van der Waals surface area contributed by atoms with Crippen LogP contribution < -0.4 is 10.2 Å². The summed E-state index contributed by atoms with van der Waals surface area (Å²) in [5.74, 6) is 0.0695. The Kier molecular flexibility index (Phi) is 9.16. The maximum atomic E-state index is 14.8. The highest BCUT2D eigenvalue weighted by Crippen LogP contribution is 2.45. The number of carbonyl (C=O) groups excluding carboxylic acids is 1. The van der Waals surface area contributed by atoms with Gasteiger partial charge < -0.3 is 10.2 Å². The van der Waals surface area contributed by atoms with Gasteiger partial charge in [-0.1, -0.05) is 115 Å². The van der Waals surface area contributed by atoms with Crippen LogP contribution in [0.4, 0.5) is 23.2 Å². The SMILES string of the molecule is FC(F)C1=NCc2ccccc21.O=C1N(c2ccc3c(c2)c(C(F)F)nn3C(c2ccccc2)(c2ccccc2)c2ccccc2)CC[C@]12CCNC2. The standard InChI is InChI=1S/C34H30F2N4O.C9H7F2N/c35-31(36)30-28-22-27(39-21-19-33(32(39)41)18-20-37-23-33)16-17-29(28)40(38-30)34(24-10-4-1-5-11-24,25-12-6-2-7-13-25)26-14-8-3-9-15-26;10-9(11)8-7-4-2-1-3-6(7)5-12-8/h1-17,22,31,37H,18-21,23H2;1-4,9H,5H2/t33-;/m0./s1. The van der Waals surface area contributed by atoms with E-state index in [2.05, 4.69) is 10.3 Å². The Morgan fingerprint density at radius 1 is 0.717 bits per heavy atom. The number of nitrogens with one attached hydrogen (secondary N) is 1. The molecule has 6 aromatic rings. The van der Waals surface area contributed by atoms with E-state index in [1.165, 1.54) is 0 Å². The van der Waals surface area contributed by atoms with Crippen LogP contribution in [0, 0.1) is 5.41 Å². The third-order valence-electron chi connectivity index (χ3n) is 10.8. The number of fused-ring (bicyclic) bond motifs is 2. The molecule has 0 bridgehead atoms. The van der Waals surface area contributed by atoms with Gasteiger partial charge in [-0.05, 0) is 59.8 Å². The minimum atomic E-state index is -2.80. The highest BCUT2D eigenvalue weighted by atomic mass is 19.3. The van der Waals surface area contributed by atoms with Gasteiger partial charge in [-0.2, -0.15) is 5.10 Å². The summed E-state index contributed by atoms with van der Waals surface area (Å²) >= 11 is 0. The molecular formula is C43H37F4N5O. The molecule has 6 nitrogen and oxygen atoms in total. The first-order chi connectivity index (χ1) is 25.8. The summed E-state index contributed by atoms with van der Waals surface area (Å²) in [6.45, 7) is 2.46. The number of hydrogen-bond acceptors (Lipinski definition) is 4. The van der Waals surface area contributed by atoms with Crippen molar-refractivity contribution in [2.24, 2.45) is 10.4 Å². The zero-order valence-electron chi connectivity index (χ0n) is 28.8. The van der Waals surface area contributed by atoms with Crippen LogP contribution in [0.2, 0.25) is 0 Å². The van der Waals surface area contributed by atoms with Gasteiger partial charge in [0.2, 0.25) is 5.91 Å². The number of amides is 1. The Morgan fingerprint density at radius 2 is 1.32 bits per heavy atom. The Balaban J connectivity index is 0.000000282. The molecular weight excluding hydrogens is 678 g/mol. The highest BCUT2D eigenvalue weighted by Gasteiger charge is 2.49. The van der Waals surface area contributed by atoms with Gasteiger partial charge in [0.15, 0.2) is 0 Å². The van der Waals surface area contributed by atoms with Gasteiger partial charge in [-0.15, -0.1) is 0 Å². The van der Waals surface area contributed by atoms with Crippen molar-refractivity contribution in [2.45, 2.75) is 37.8 Å². The van der Waals surface area contributed by atoms with Gasteiger partial charge in [-0.3, -0.25) is 9.79 Å². The van der Waals surface area contributed by atoms with E-state index in [0.29, 0.717) is 41.8 Å². The van der Waals surface area contributed by atoms with Gasteiger partial charge in [-0.25, -0.2) is 22.2 Å². The maximum absolute atomic E-state index is 14.8. The van der Waals surface area contributed by atoms with Crippen LogP contribution in [-0.4, -0.2) is 47.5 Å². The molecule has 3 aliphatic rings. The maximum Gasteiger partial charge on any atom is 0.282 e. The third-order valence-corrected chi connectivity index (χ3v) is 10.8. The molecule has 1 spiro atoms. The molecule has 0 aliphatic carbocycles. The molecule has 53 heavy (non-hydrogen) atoms. The zero-order valence-corrected chi connectivity index (χ0v) is 28.8. The first-order valence-corrected chi connectivity index (χ1v) is 17.7. The number of aliphatic imine (C=N–C) groups is 1. The zero-order chi connectivity index (χ0) is 36.6. The first-order valence-electron chi connectivity index (χ1n) is 17.7. The van der Waals surface area contributed by atoms with E-state index in [-0.39, 0.29) is 17.3 Å². The fraction of sp³-hybridized carbons (Fsp3) is 0.233. The monoisotopic (exact) mass is 715 g/mol. The predicted octanol–water partition coefficient (Wildman–Crippen LogP) is 8.78. The molecule has 2 fully saturated rings. The summed E-state index contributed by atoms with van der Waals surface area (Å²) in [4.78, 5) is 19.1. The molecule has 0 radical (unpaired) electrons. The summed E-state index contributed by atoms with van der Waals surface area (Å²) in [6, 6.07) is 42.2. The number of nitrogens with zero attached hydrogens (tertiary/aromatic N) is 4. The van der Waals surface area contributed by atoms with Crippen LogP contribution in [-0.2, 0) is 16.9 Å². The van der Waals surface area contributed by atoms with Gasteiger partial charge in [0.25, 0.3) is 12.9 Å². The molecule has 0 unspecified atom stereocenters. The van der Waals surface area contributed by atoms with Crippen LogP contribution in [0.3, 0.4) is 0 Å². The number of rotatable bonds is 7. The van der Waals surface area contributed by atoms with Crippen LogP contribution >= 0.6 is 0 Å². The molecule has 268 valence electrons. The average Bonchev–Trinajstić information content (AvgIpc) is 4.00. The quantitative estimate of drug-likeness (QED) is 0.133. The van der Waals surface area contributed by atoms with E-state index in [1.54, 1.807) is 27.8 Å². The second-order valence-corrected chi connectivity index (χ2v) is 13.7. The molecule has 10 heteroatoms. The molecule has 2 saturated heterocycles. The van der Waals surface area contributed by atoms with Crippen LogP contribution in [0.5, 0.6) is 0 Å². The van der Waals surface area contributed by atoms with Crippen LogP contribution in [0.1, 0.15) is 52.8 Å². The normalized spacial score (nSPS) is 18.2. The minimum absolute atomic E-state index is 0.0643.